The van der Waals surface area contributed by atoms with Gasteiger partial charge in [0.15, 0.2) is 0 Å². The predicted molar refractivity (Wildman–Crippen MR) is 71.5 cm³/mol. The van der Waals surface area contributed by atoms with Crippen molar-refractivity contribution < 1.29 is 14.7 Å². The molecule has 6 heteroatoms. The van der Waals surface area contributed by atoms with Crippen LogP contribution in [0, 0.1) is 12.8 Å². The molecule has 3 N–H and O–H groups in total. The van der Waals surface area contributed by atoms with Gasteiger partial charge >= 0.3 is 12.0 Å². The minimum Gasteiger partial charge on any atom is -0.477 e. The van der Waals surface area contributed by atoms with Gasteiger partial charge in [-0.2, -0.15) is 0 Å². The van der Waals surface area contributed by atoms with Crippen molar-refractivity contribution in [3.8, 4) is 0 Å². The predicted octanol–water partition coefficient (Wildman–Crippen LogP) is 2.29. The summed E-state index contributed by atoms with van der Waals surface area (Å²) in [6.45, 7) is 5.35. The number of urea groups is 1. The van der Waals surface area contributed by atoms with E-state index in [1.54, 1.807) is 17.9 Å². The summed E-state index contributed by atoms with van der Waals surface area (Å²) in [5, 5.41) is 11.7. The lowest BCUT2D eigenvalue weighted by molar-refractivity contribution is 0.0692. The number of anilines is 1. The lowest BCUT2D eigenvalue weighted by atomic mass is 10.1. The highest BCUT2D eigenvalue weighted by molar-refractivity contribution is 5.99. The number of aromatic amines is 1. The van der Waals surface area contributed by atoms with Crippen LogP contribution in [0.25, 0.3) is 0 Å². The SMILES string of the molecule is CCC1CCN(C(=O)Nc2cc(C)[nH]c2C(=O)O)C1. The largest absolute Gasteiger partial charge is 0.477 e. The van der Waals surface area contributed by atoms with Crippen molar-refractivity contribution >= 4 is 17.7 Å². The molecular weight excluding hydrogens is 246 g/mol. The van der Waals surface area contributed by atoms with E-state index >= 15 is 0 Å². The molecule has 1 atom stereocenters. The van der Waals surface area contributed by atoms with Crippen molar-refractivity contribution in [2.45, 2.75) is 26.7 Å². The zero-order valence-electron chi connectivity index (χ0n) is 11.2. The van der Waals surface area contributed by atoms with Crippen LogP contribution in [0.1, 0.15) is 35.9 Å². The molecule has 1 aliphatic heterocycles. The average molecular weight is 265 g/mol. The van der Waals surface area contributed by atoms with Gasteiger partial charge in [-0.25, -0.2) is 9.59 Å². The standard InChI is InChI=1S/C13H19N3O3/c1-3-9-4-5-16(7-9)13(19)15-10-6-8(2)14-11(10)12(17)18/h6,9,14H,3-5,7H2,1-2H3,(H,15,19)(H,17,18). The highest BCUT2D eigenvalue weighted by Crippen LogP contribution is 2.22. The normalized spacial score (nSPS) is 18.6. The van der Waals surface area contributed by atoms with Gasteiger partial charge < -0.3 is 20.3 Å². The van der Waals surface area contributed by atoms with Crippen molar-refractivity contribution in [2.24, 2.45) is 5.92 Å². The Morgan fingerprint density at radius 3 is 2.89 bits per heavy atom. The second kappa shape index (κ2) is 5.34. The zero-order valence-corrected chi connectivity index (χ0v) is 11.2. The van der Waals surface area contributed by atoms with Gasteiger partial charge in [-0.15, -0.1) is 0 Å². The van der Waals surface area contributed by atoms with Crippen LogP contribution in [0.15, 0.2) is 6.07 Å². The number of nitrogens with zero attached hydrogens (tertiary/aromatic N) is 1. The third-order valence-electron chi connectivity index (χ3n) is 3.56. The lowest BCUT2D eigenvalue weighted by Gasteiger charge is -2.16. The minimum atomic E-state index is -1.07. The molecule has 0 aliphatic carbocycles. The number of hydrogen-bond donors (Lipinski definition) is 3. The monoisotopic (exact) mass is 265 g/mol. The van der Waals surface area contributed by atoms with E-state index in [4.69, 9.17) is 5.11 Å². The molecule has 1 aromatic rings. The molecule has 0 spiro atoms. The number of carbonyl (C=O) groups excluding carboxylic acids is 1. The summed E-state index contributed by atoms with van der Waals surface area (Å²) in [6, 6.07) is 1.41. The first-order valence-electron chi connectivity index (χ1n) is 6.50. The number of hydrogen-bond acceptors (Lipinski definition) is 2. The third-order valence-corrected chi connectivity index (χ3v) is 3.56. The van der Waals surface area contributed by atoms with Crippen LogP contribution < -0.4 is 5.32 Å². The molecule has 0 aromatic carbocycles. The van der Waals surface area contributed by atoms with Gasteiger partial charge in [-0.05, 0) is 25.3 Å². The number of carboxylic acids is 1. The van der Waals surface area contributed by atoms with Gasteiger partial charge in [0, 0.05) is 18.8 Å². The Morgan fingerprint density at radius 1 is 1.58 bits per heavy atom. The number of likely N-dealkylation sites (tertiary alicyclic amines) is 1. The Morgan fingerprint density at radius 2 is 2.32 bits per heavy atom. The molecule has 1 fully saturated rings. The fourth-order valence-corrected chi connectivity index (χ4v) is 2.40. The molecule has 1 saturated heterocycles. The maximum atomic E-state index is 12.1. The van der Waals surface area contributed by atoms with Crippen LogP contribution >= 0.6 is 0 Å². The number of aromatic nitrogens is 1. The maximum absolute atomic E-state index is 12.1. The minimum absolute atomic E-state index is 0.0251. The first-order chi connectivity index (χ1) is 9.01. The van der Waals surface area contributed by atoms with Crippen molar-refractivity contribution in [2.75, 3.05) is 18.4 Å². The highest BCUT2D eigenvalue weighted by atomic mass is 16.4. The molecule has 19 heavy (non-hydrogen) atoms. The number of rotatable bonds is 3. The molecule has 1 unspecified atom stereocenters. The van der Waals surface area contributed by atoms with Gasteiger partial charge in [0.1, 0.15) is 5.69 Å². The Hall–Kier alpha value is -1.98. The number of carboxylic acid groups (broad SMARTS) is 1. The van der Waals surface area contributed by atoms with Crippen LogP contribution in [0.2, 0.25) is 0 Å². The summed E-state index contributed by atoms with van der Waals surface area (Å²) in [7, 11) is 0. The van der Waals surface area contributed by atoms with Crippen molar-refractivity contribution in [3.63, 3.8) is 0 Å². The zero-order chi connectivity index (χ0) is 14.0. The van der Waals surface area contributed by atoms with E-state index in [0.29, 0.717) is 17.3 Å². The van der Waals surface area contributed by atoms with Crippen LogP contribution in [-0.4, -0.2) is 40.1 Å². The number of carbonyl (C=O) groups is 2. The van der Waals surface area contributed by atoms with E-state index < -0.39 is 5.97 Å². The number of aromatic carboxylic acids is 1. The second-order valence-electron chi connectivity index (χ2n) is 4.99. The molecular formula is C13H19N3O3. The Bertz CT molecular complexity index is 495. The second-order valence-corrected chi connectivity index (χ2v) is 4.99. The fraction of sp³-hybridized carbons (Fsp3) is 0.538. The van der Waals surface area contributed by atoms with E-state index in [2.05, 4.69) is 17.2 Å². The van der Waals surface area contributed by atoms with Crippen LogP contribution in [-0.2, 0) is 0 Å². The Balaban J connectivity index is 2.05. The summed E-state index contributed by atoms with van der Waals surface area (Å²) in [5.41, 5.74) is 1.06. The molecule has 0 radical (unpaired) electrons. The van der Waals surface area contributed by atoms with Gasteiger partial charge in [0.2, 0.25) is 0 Å². The maximum Gasteiger partial charge on any atom is 0.354 e. The lowest BCUT2D eigenvalue weighted by Crippen LogP contribution is -2.33. The van der Waals surface area contributed by atoms with Gasteiger partial charge in [-0.3, -0.25) is 0 Å². The summed E-state index contributed by atoms with van der Waals surface area (Å²) in [5.74, 6) is -0.520. The number of aryl methyl sites for hydroxylation is 1. The third kappa shape index (κ3) is 2.89. The first-order valence-corrected chi connectivity index (χ1v) is 6.50. The molecule has 0 bridgehead atoms. The molecule has 2 heterocycles. The Kier molecular flexibility index (Phi) is 3.78. The van der Waals surface area contributed by atoms with Crippen LogP contribution in [0.3, 0.4) is 0 Å². The van der Waals surface area contributed by atoms with E-state index in [1.807, 2.05) is 0 Å². The van der Waals surface area contributed by atoms with Gasteiger partial charge in [0.25, 0.3) is 0 Å². The molecule has 1 aromatic heterocycles. The molecule has 104 valence electrons. The van der Waals surface area contributed by atoms with E-state index in [-0.39, 0.29) is 11.7 Å². The smallest absolute Gasteiger partial charge is 0.354 e. The highest BCUT2D eigenvalue weighted by Gasteiger charge is 2.26. The van der Waals surface area contributed by atoms with E-state index in [1.165, 1.54) is 0 Å². The Labute approximate surface area is 111 Å². The van der Waals surface area contributed by atoms with Crippen molar-refractivity contribution in [3.05, 3.63) is 17.5 Å². The van der Waals surface area contributed by atoms with Gasteiger partial charge in [0.05, 0.1) is 5.69 Å². The topological polar surface area (TPSA) is 85.4 Å². The van der Waals surface area contributed by atoms with E-state index in [0.717, 1.165) is 25.9 Å². The quantitative estimate of drug-likeness (QED) is 0.783. The first kappa shape index (κ1) is 13.5. The summed E-state index contributed by atoms with van der Waals surface area (Å²) in [4.78, 5) is 27.6. The van der Waals surface area contributed by atoms with Crippen LogP contribution in [0.4, 0.5) is 10.5 Å². The number of amides is 2. The number of nitrogens with one attached hydrogen (secondary N) is 2. The summed E-state index contributed by atoms with van der Waals surface area (Å²) < 4.78 is 0. The van der Waals surface area contributed by atoms with Crippen LogP contribution in [0.5, 0.6) is 0 Å². The molecule has 6 nitrogen and oxygen atoms in total. The molecule has 2 rings (SSSR count). The van der Waals surface area contributed by atoms with Crippen molar-refractivity contribution in [1.82, 2.24) is 9.88 Å². The summed E-state index contributed by atoms with van der Waals surface area (Å²) >= 11 is 0. The number of H-pyrrole nitrogens is 1. The molecule has 0 saturated carbocycles. The molecule has 1 aliphatic rings. The molecule has 2 amide bonds. The van der Waals surface area contributed by atoms with E-state index in [9.17, 15) is 9.59 Å². The fourth-order valence-electron chi connectivity index (χ4n) is 2.40. The van der Waals surface area contributed by atoms with Gasteiger partial charge in [-0.1, -0.05) is 13.3 Å². The van der Waals surface area contributed by atoms with Crippen molar-refractivity contribution in [1.29, 1.82) is 0 Å². The average Bonchev–Trinajstić information content (AvgIpc) is 2.95. The summed E-state index contributed by atoms with van der Waals surface area (Å²) in [6.07, 6.45) is 2.08.